The van der Waals surface area contributed by atoms with Crippen LogP contribution in [-0.2, 0) is 18.3 Å². The van der Waals surface area contributed by atoms with Crippen molar-refractivity contribution in [3.05, 3.63) is 64.9 Å². The van der Waals surface area contributed by atoms with Gasteiger partial charge in [0.1, 0.15) is 11.6 Å². The van der Waals surface area contributed by atoms with Crippen molar-refractivity contribution in [2.45, 2.75) is 27.2 Å². The number of para-hydroxylation sites is 2. The lowest BCUT2D eigenvalue weighted by atomic mass is 10.3. The maximum Gasteiger partial charge on any atom is 0.247 e. The molecule has 0 saturated carbocycles. The van der Waals surface area contributed by atoms with E-state index in [4.69, 9.17) is 4.52 Å². The number of carbonyl (C=O) groups excluding carboxylic acids is 1. The lowest BCUT2D eigenvalue weighted by molar-refractivity contribution is -0.120. The number of aromatic nitrogens is 4. The number of rotatable bonds is 5. The van der Waals surface area contributed by atoms with Crippen molar-refractivity contribution in [3.63, 3.8) is 0 Å². The zero-order valence-electron chi connectivity index (χ0n) is 16.8. The molecule has 29 heavy (non-hydrogen) atoms. The summed E-state index contributed by atoms with van der Waals surface area (Å²) >= 11 is 0. The lowest BCUT2D eigenvalue weighted by Gasteiger charge is -2.04. The number of hydrogen-bond donors (Lipinski definition) is 1. The highest BCUT2D eigenvalue weighted by molar-refractivity contribution is 5.85. The van der Waals surface area contributed by atoms with Gasteiger partial charge in [0, 0.05) is 30.1 Å². The summed E-state index contributed by atoms with van der Waals surface area (Å²) in [5.74, 6) is 1.94. The Morgan fingerprint density at radius 1 is 1.24 bits per heavy atom. The van der Waals surface area contributed by atoms with Gasteiger partial charge in [-0.15, -0.1) is 0 Å². The highest BCUT2D eigenvalue weighted by atomic mass is 16.5. The highest BCUT2D eigenvalue weighted by Gasteiger charge is 2.13. The zero-order valence-corrected chi connectivity index (χ0v) is 16.8. The molecule has 0 aliphatic carbocycles. The van der Waals surface area contributed by atoms with Crippen LogP contribution in [0, 0.1) is 20.8 Å². The van der Waals surface area contributed by atoms with Gasteiger partial charge >= 0.3 is 0 Å². The van der Waals surface area contributed by atoms with E-state index in [1.54, 1.807) is 6.21 Å². The van der Waals surface area contributed by atoms with Gasteiger partial charge in [0.05, 0.1) is 23.7 Å². The van der Waals surface area contributed by atoms with Crippen molar-refractivity contribution < 1.29 is 9.32 Å². The fraction of sp³-hybridized carbons (Fsp3) is 0.238. The zero-order chi connectivity index (χ0) is 20.5. The van der Waals surface area contributed by atoms with Gasteiger partial charge in [0.2, 0.25) is 5.91 Å². The maximum atomic E-state index is 12.3. The third kappa shape index (κ3) is 3.56. The number of hydrogen-bond acceptors (Lipinski definition) is 5. The van der Waals surface area contributed by atoms with Crippen LogP contribution >= 0.6 is 0 Å². The van der Waals surface area contributed by atoms with Gasteiger partial charge in [0.15, 0.2) is 5.82 Å². The molecule has 0 aliphatic rings. The maximum absolute atomic E-state index is 12.3. The summed E-state index contributed by atoms with van der Waals surface area (Å²) in [4.78, 5) is 16.8. The van der Waals surface area contributed by atoms with Crippen molar-refractivity contribution in [1.82, 2.24) is 24.7 Å². The van der Waals surface area contributed by atoms with Gasteiger partial charge in [-0.1, -0.05) is 17.3 Å². The predicted molar refractivity (Wildman–Crippen MR) is 110 cm³/mol. The quantitative estimate of drug-likeness (QED) is 0.419. The Labute approximate surface area is 167 Å². The Balaban J connectivity index is 1.46. The van der Waals surface area contributed by atoms with Gasteiger partial charge < -0.3 is 9.09 Å². The second-order valence-electron chi connectivity index (χ2n) is 7.00. The Hall–Kier alpha value is -3.68. The second kappa shape index (κ2) is 7.38. The van der Waals surface area contributed by atoms with E-state index in [1.807, 2.05) is 73.4 Å². The van der Waals surface area contributed by atoms with Gasteiger partial charge in [-0.2, -0.15) is 5.10 Å². The summed E-state index contributed by atoms with van der Waals surface area (Å²) in [5, 5.41) is 8.18. The molecule has 148 valence electrons. The van der Waals surface area contributed by atoms with E-state index < -0.39 is 0 Å². The Kier molecular flexibility index (Phi) is 4.75. The molecule has 1 amide bonds. The summed E-state index contributed by atoms with van der Waals surface area (Å²) in [5.41, 5.74) is 7.31. The number of aryl methyl sites for hydroxylation is 3. The molecule has 0 unspecified atom stereocenters. The van der Waals surface area contributed by atoms with Crippen LogP contribution in [-0.4, -0.2) is 31.4 Å². The minimum atomic E-state index is -0.222. The van der Waals surface area contributed by atoms with E-state index in [2.05, 4.69) is 20.7 Å². The largest absolute Gasteiger partial charge is 0.360 e. The van der Waals surface area contributed by atoms with E-state index in [0.717, 1.165) is 39.6 Å². The molecule has 0 bridgehead atoms. The molecular weight excluding hydrogens is 368 g/mol. The monoisotopic (exact) mass is 390 g/mol. The van der Waals surface area contributed by atoms with E-state index in [1.165, 1.54) is 0 Å². The van der Waals surface area contributed by atoms with E-state index in [0.29, 0.717) is 5.82 Å². The van der Waals surface area contributed by atoms with Crippen LogP contribution in [0.4, 0.5) is 0 Å². The number of carbonyl (C=O) groups is 1. The Morgan fingerprint density at radius 2 is 2.03 bits per heavy atom. The molecular formula is C21H22N6O2. The van der Waals surface area contributed by atoms with E-state index in [-0.39, 0.29) is 12.3 Å². The van der Waals surface area contributed by atoms with Gasteiger partial charge in [-0.05, 0) is 39.0 Å². The summed E-state index contributed by atoms with van der Waals surface area (Å²) in [7, 11) is 1.90. The van der Waals surface area contributed by atoms with Crippen molar-refractivity contribution in [2.75, 3.05) is 0 Å². The third-order valence-corrected chi connectivity index (χ3v) is 4.91. The van der Waals surface area contributed by atoms with Crippen LogP contribution in [0.5, 0.6) is 0 Å². The minimum Gasteiger partial charge on any atom is -0.360 e. The van der Waals surface area contributed by atoms with E-state index >= 15 is 0 Å². The number of hydrazone groups is 1. The molecule has 0 spiro atoms. The molecule has 4 aromatic rings. The van der Waals surface area contributed by atoms with Crippen LogP contribution in [0.25, 0.3) is 16.9 Å². The first-order valence-electron chi connectivity index (χ1n) is 9.29. The number of benzene rings is 1. The summed E-state index contributed by atoms with van der Waals surface area (Å²) in [6, 6.07) is 11.7. The summed E-state index contributed by atoms with van der Waals surface area (Å²) < 4.78 is 9.08. The fourth-order valence-electron chi connectivity index (χ4n) is 3.44. The lowest BCUT2D eigenvalue weighted by Crippen LogP contribution is -2.21. The summed E-state index contributed by atoms with van der Waals surface area (Å²) in [6.45, 7) is 5.81. The standard InChI is InChI=1S/C21H22N6O2/c1-13-9-16(15(3)27(13)20-10-14(2)29-25-20)12-22-24-21(28)11-19-23-17-7-5-6-8-18(17)26(19)4/h5-10,12H,11H2,1-4H3,(H,24,28)/b22-12+. The van der Waals surface area contributed by atoms with Gasteiger partial charge in [0.25, 0.3) is 0 Å². The Morgan fingerprint density at radius 3 is 2.76 bits per heavy atom. The first-order valence-corrected chi connectivity index (χ1v) is 9.29. The highest BCUT2D eigenvalue weighted by Crippen LogP contribution is 2.19. The van der Waals surface area contributed by atoms with E-state index in [9.17, 15) is 4.79 Å². The topological polar surface area (TPSA) is 90.2 Å². The second-order valence-corrected chi connectivity index (χ2v) is 7.00. The molecule has 0 atom stereocenters. The molecule has 4 rings (SSSR count). The van der Waals surface area contributed by atoms with Gasteiger partial charge in [-0.3, -0.25) is 9.36 Å². The number of nitrogens with zero attached hydrogens (tertiary/aromatic N) is 5. The van der Waals surface area contributed by atoms with Crippen LogP contribution in [0.1, 0.15) is 28.5 Å². The fourth-order valence-corrected chi connectivity index (χ4v) is 3.44. The molecule has 3 aromatic heterocycles. The first kappa shape index (κ1) is 18.7. The van der Waals surface area contributed by atoms with Crippen molar-refractivity contribution in [3.8, 4) is 5.82 Å². The molecule has 0 fully saturated rings. The number of imidazole rings is 1. The number of amides is 1. The van der Waals surface area contributed by atoms with Gasteiger partial charge in [-0.25, -0.2) is 10.4 Å². The van der Waals surface area contributed by atoms with Crippen LogP contribution in [0.2, 0.25) is 0 Å². The SMILES string of the molecule is Cc1cc(-n2c(C)cc(/C=N/NC(=O)Cc3nc4ccccc4n3C)c2C)no1. The normalized spacial score (nSPS) is 11.6. The molecule has 8 nitrogen and oxygen atoms in total. The molecule has 8 heteroatoms. The molecule has 1 aromatic carbocycles. The average molecular weight is 390 g/mol. The number of nitrogens with one attached hydrogen (secondary N) is 1. The molecule has 3 heterocycles. The van der Waals surface area contributed by atoms with Crippen LogP contribution in [0.15, 0.2) is 46.0 Å². The average Bonchev–Trinajstić information content (AvgIpc) is 3.33. The molecule has 0 radical (unpaired) electrons. The van der Waals surface area contributed by atoms with Crippen molar-refractivity contribution in [1.29, 1.82) is 0 Å². The van der Waals surface area contributed by atoms with Crippen molar-refractivity contribution >= 4 is 23.2 Å². The molecule has 1 N–H and O–H groups in total. The summed E-state index contributed by atoms with van der Waals surface area (Å²) in [6.07, 6.45) is 1.79. The first-order chi connectivity index (χ1) is 13.9. The minimum absolute atomic E-state index is 0.153. The smallest absolute Gasteiger partial charge is 0.247 e. The predicted octanol–water partition coefficient (Wildman–Crippen LogP) is 2.97. The van der Waals surface area contributed by atoms with Crippen LogP contribution < -0.4 is 5.43 Å². The van der Waals surface area contributed by atoms with Crippen molar-refractivity contribution in [2.24, 2.45) is 12.1 Å². The third-order valence-electron chi connectivity index (χ3n) is 4.91. The van der Waals surface area contributed by atoms with Crippen LogP contribution in [0.3, 0.4) is 0 Å². The Bertz CT molecular complexity index is 1230. The molecule has 0 saturated heterocycles. The molecule has 0 aliphatic heterocycles. The number of fused-ring (bicyclic) bond motifs is 1.